The molecule has 0 aliphatic carbocycles. The van der Waals surface area contributed by atoms with Gasteiger partial charge in [0.15, 0.2) is 0 Å². The summed E-state index contributed by atoms with van der Waals surface area (Å²) in [5.41, 5.74) is -0.0637. The van der Waals surface area contributed by atoms with Crippen LogP contribution in [-0.2, 0) is 9.53 Å². The molecule has 1 aromatic carbocycles. The second-order valence-corrected chi connectivity index (χ2v) is 6.99. The summed E-state index contributed by atoms with van der Waals surface area (Å²) in [6.45, 7) is 9.29. The molecule has 0 saturated heterocycles. The van der Waals surface area contributed by atoms with Crippen LogP contribution in [0.2, 0.25) is 0 Å². The monoisotopic (exact) mass is 385 g/mol. The van der Waals surface area contributed by atoms with Gasteiger partial charge < -0.3 is 14.8 Å². The minimum Gasteiger partial charge on any atom is -0.493 e. The number of ether oxygens (including phenoxy) is 2. The third-order valence-electron chi connectivity index (χ3n) is 3.36. The zero-order chi connectivity index (χ0) is 17.3. The summed E-state index contributed by atoms with van der Waals surface area (Å²) in [7, 11) is 0. The number of hydrogen-bond acceptors (Lipinski definition) is 3. The molecule has 5 heteroatoms. The number of anilines is 1. The molecule has 0 aromatic heterocycles. The highest BCUT2D eigenvalue weighted by atomic mass is 79.9. The van der Waals surface area contributed by atoms with Crippen molar-refractivity contribution in [1.82, 2.24) is 0 Å². The second kappa shape index (κ2) is 9.93. The molecule has 23 heavy (non-hydrogen) atoms. The Labute approximate surface area is 148 Å². The molecule has 0 radical (unpaired) electrons. The number of halogens is 1. The van der Waals surface area contributed by atoms with Crippen molar-refractivity contribution in [1.29, 1.82) is 0 Å². The lowest BCUT2D eigenvalue weighted by atomic mass is 9.93. The minimum absolute atomic E-state index is 0.103. The van der Waals surface area contributed by atoms with Gasteiger partial charge in [-0.3, -0.25) is 4.79 Å². The number of nitrogens with one attached hydrogen (secondary N) is 1. The molecule has 0 spiro atoms. The quantitative estimate of drug-likeness (QED) is 0.597. The maximum atomic E-state index is 12.7. The topological polar surface area (TPSA) is 47.6 Å². The molecular formula is C18H28BrNO3. The predicted octanol–water partition coefficient (Wildman–Crippen LogP) is 4.63. The average Bonchev–Trinajstić information content (AvgIpc) is 2.51. The highest BCUT2D eigenvalue weighted by Crippen LogP contribution is 2.24. The first-order valence-electron chi connectivity index (χ1n) is 8.15. The van der Waals surface area contributed by atoms with Crippen molar-refractivity contribution >= 4 is 27.5 Å². The minimum atomic E-state index is -0.810. The Morgan fingerprint density at radius 1 is 1.26 bits per heavy atom. The van der Waals surface area contributed by atoms with E-state index in [9.17, 15) is 4.79 Å². The number of hydrogen-bond donors (Lipinski definition) is 1. The maximum Gasteiger partial charge on any atom is 0.256 e. The van der Waals surface area contributed by atoms with E-state index in [-0.39, 0.29) is 5.91 Å². The summed E-state index contributed by atoms with van der Waals surface area (Å²) < 4.78 is 11.4. The molecular weight excluding hydrogens is 358 g/mol. The van der Waals surface area contributed by atoms with Gasteiger partial charge in [0.25, 0.3) is 5.91 Å². The summed E-state index contributed by atoms with van der Waals surface area (Å²) in [5.74, 6) is 1.06. The van der Waals surface area contributed by atoms with Gasteiger partial charge in [0.2, 0.25) is 0 Å². The Bertz CT molecular complexity index is 476. The van der Waals surface area contributed by atoms with Crippen LogP contribution < -0.4 is 10.1 Å². The predicted molar refractivity (Wildman–Crippen MR) is 98.5 cm³/mol. The SMILES string of the molecule is CCCO[C@](C)(CC(C)C)C(=O)Nc1ccc(OCCBr)cc1. The lowest BCUT2D eigenvalue weighted by molar-refractivity contribution is -0.141. The van der Waals surface area contributed by atoms with Crippen molar-refractivity contribution in [3.05, 3.63) is 24.3 Å². The van der Waals surface area contributed by atoms with E-state index in [0.29, 0.717) is 25.6 Å². The molecule has 0 bridgehead atoms. The Balaban J connectivity index is 2.73. The summed E-state index contributed by atoms with van der Waals surface area (Å²) in [4.78, 5) is 12.7. The van der Waals surface area contributed by atoms with Crippen LogP contribution in [0.3, 0.4) is 0 Å². The van der Waals surface area contributed by atoms with E-state index in [1.807, 2.05) is 38.1 Å². The molecule has 130 valence electrons. The summed E-state index contributed by atoms with van der Waals surface area (Å²) >= 11 is 3.32. The van der Waals surface area contributed by atoms with E-state index in [0.717, 1.165) is 23.2 Å². The largest absolute Gasteiger partial charge is 0.493 e. The van der Waals surface area contributed by atoms with Gasteiger partial charge in [-0.25, -0.2) is 0 Å². The van der Waals surface area contributed by atoms with Crippen LogP contribution in [-0.4, -0.2) is 30.1 Å². The van der Waals surface area contributed by atoms with E-state index in [4.69, 9.17) is 9.47 Å². The molecule has 0 unspecified atom stereocenters. The normalized spacial score (nSPS) is 13.7. The Morgan fingerprint density at radius 3 is 2.43 bits per heavy atom. The molecule has 1 N–H and O–H groups in total. The number of alkyl halides is 1. The highest BCUT2D eigenvalue weighted by Gasteiger charge is 2.34. The van der Waals surface area contributed by atoms with Crippen molar-refractivity contribution < 1.29 is 14.3 Å². The molecule has 1 atom stereocenters. The van der Waals surface area contributed by atoms with E-state index < -0.39 is 5.60 Å². The van der Waals surface area contributed by atoms with E-state index in [1.165, 1.54) is 0 Å². The molecule has 1 amide bonds. The molecule has 0 fully saturated rings. The average molecular weight is 386 g/mol. The lowest BCUT2D eigenvalue weighted by Gasteiger charge is -2.30. The number of benzene rings is 1. The van der Waals surface area contributed by atoms with Gasteiger partial charge in [0.1, 0.15) is 11.4 Å². The van der Waals surface area contributed by atoms with Crippen molar-refractivity contribution in [3.8, 4) is 5.75 Å². The van der Waals surface area contributed by atoms with Gasteiger partial charge in [0, 0.05) is 17.6 Å². The van der Waals surface area contributed by atoms with Gasteiger partial charge in [-0.15, -0.1) is 0 Å². The number of rotatable bonds is 10. The number of amides is 1. The maximum absolute atomic E-state index is 12.7. The third-order valence-corrected chi connectivity index (χ3v) is 3.68. The van der Waals surface area contributed by atoms with Gasteiger partial charge in [-0.2, -0.15) is 0 Å². The van der Waals surface area contributed by atoms with Crippen molar-refractivity contribution in [3.63, 3.8) is 0 Å². The van der Waals surface area contributed by atoms with Gasteiger partial charge in [0.05, 0.1) is 6.61 Å². The first kappa shape index (κ1) is 20.0. The van der Waals surface area contributed by atoms with Crippen molar-refractivity contribution in [2.75, 3.05) is 23.9 Å². The van der Waals surface area contributed by atoms with Crippen molar-refractivity contribution in [2.45, 2.75) is 46.1 Å². The molecule has 1 aromatic rings. The van der Waals surface area contributed by atoms with E-state index in [1.54, 1.807) is 0 Å². The fourth-order valence-electron chi connectivity index (χ4n) is 2.38. The summed E-state index contributed by atoms with van der Waals surface area (Å²) in [5, 5.41) is 3.74. The Kier molecular flexibility index (Phi) is 8.63. The smallest absolute Gasteiger partial charge is 0.256 e. The first-order valence-corrected chi connectivity index (χ1v) is 9.27. The molecule has 0 heterocycles. The van der Waals surface area contributed by atoms with Gasteiger partial charge in [-0.05, 0) is 49.9 Å². The third kappa shape index (κ3) is 6.92. The second-order valence-electron chi connectivity index (χ2n) is 6.19. The molecule has 0 aliphatic rings. The number of carbonyl (C=O) groups is 1. The first-order chi connectivity index (χ1) is 10.9. The Morgan fingerprint density at radius 2 is 1.91 bits per heavy atom. The molecule has 0 aliphatic heterocycles. The van der Waals surface area contributed by atoms with Gasteiger partial charge in [-0.1, -0.05) is 36.7 Å². The van der Waals surface area contributed by atoms with Gasteiger partial charge >= 0.3 is 0 Å². The van der Waals surface area contributed by atoms with Crippen LogP contribution in [0.5, 0.6) is 5.75 Å². The molecule has 4 nitrogen and oxygen atoms in total. The lowest BCUT2D eigenvalue weighted by Crippen LogP contribution is -2.44. The fourth-order valence-corrected chi connectivity index (χ4v) is 2.54. The van der Waals surface area contributed by atoms with Crippen LogP contribution in [0.4, 0.5) is 5.69 Å². The van der Waals surface area contributed by atoms with Crippen LogP contribution in [0.1, 0.15) is 40.5 Å². The standard InChI is InChI=1S/C18H28BrNO3/c1-5-11-23-18(4,13-14(2)3)17(21)20-15-6-8-16(9-7-15)22-12-10-19/h6-9,14H,5,10-13H2,1-4H3,(H,20,21)/t18-/m1/s1. The molecule has 1 rings (SSSR count). The van der Waals surface area contributed by atoms with Crippen LogP contribution in [0.25, 0.3) is 0 Å². The Hall–Kier alpha value is -1.07. The van der Waals surface area contributed by atoms with Crippen LogP contribution in [0.15, 0.2) is 24.3 Å². The van der Waals surface area contributed by atoms with Crippen LogP contribution in [0, 0.1) is 5.92 Å². The fraction of sp³-hybridized carbons (Fsp3) is 0.611. The zero-order valence-electron chi connectivity index (χ0n) is 14.5. The number of carbonyl (C=O) groups excluding carboxylic acids is 1. The van der Waals surface area contributed by atoms with E-state index in [2.05, 4.69) is 35.1 Å². The van der Waals surface area contributed by atoms with Crippen LogP contribution >= 0.6 is 15.9 Å². The highest BCUT2D eigenvalue weighted by molar-refractivity contribution is 9.09. The zero-order valence-corrected chi connectivity index (χ0v) is 16.1. The van der Waals surface area contributed by atoms with E-state index >= 15 is 0 Å². The molecule has 0 saturated carbocycles. The summed E-state index contributed by atoms with van der Waals surface area (Å²) in [6, 6.07) is 7.39. The summed E-state index contributed by atoms with van der Waals surface area (Å²) in [6.07, 6.45) is 1.58. The van der Waals surface area contributed by atoms with Crippen molar-refractivity contribution in [2.24, 2.45) is 5.92 Å².